The third kappa shape index (κ3) is 3.44. The molecule has 4 heteroatoms. The van der Waals surface area contributed by atoms with Crippen molar-refractivity contribution in [2.75, 3.05) is 5.32 Å². The number of nitrogens with one attached hydrogen (secondary N) is 1. The van der Waals surface area contributed by atoms with Crippen LogP contribution in [-0.2, 0) is 0 Å². The minimum Gasteiger partial charge on any atom is -0.380 e. The van der Waals surface area contributed by atoms with E-state index >= 15 is 0 Å². The van der Waals surface area contributed by atoms with Crippen LogP contribution in [0.25, 0.3) is 0 Å². The third-order valence-corrected chi connectivity index (χ3v) is 6.60. The van der Waals surface area contributed by atoms with Crippen molar-refractivity contribution in [1.29, 1.82) is 0 Å². The molecule has 1 N–H and O–H groups in total. The minimum absolute atomic E-state index is 0.628. The van der Waals surface area contributed by atoms with Crippen LogP contribution < -0.4 is 5.32 Å². The summed E-state index contributed by atoms with van der Waals surface area (Å²) in [6.45, 7) is 0. The molecule has 1 nitrogen and oxygen atoms in total. The van der Waals surface area contributed by atoms with Crippen molar-refractivity contribution in [2.45, 2.75) is 51.0 Å². The van der Waals surface area contributed by atoms with E-state index in [1.54, 1.807) is 0 Å². The summed E-state index contributed by atoms with van der Waals surface area (Å²) in [6, 6.07) is 4.85. The van der Waals surface area contributed by atoms with Crippen molar-refractivity contribution in [3.05, 3.63) is 25.6 Å². The van der Waals surface area contributed by atoms with Gasteiger partial charge in [0.15, 0.2) is 0 Å². The molecule has 2 fully saturated rings. The highest BCUT2D eigenvalue weighted by molar-refractivity contribution is 9.11. The maximum Gasteiger partial charge on any atom is 0.0631 e. The van der Waals surface area contributed by atoms with Crippen molar-refractivity contribution >= 4 is 53.5 Å². The van der Waals surface area contributed by atoms with Gasteiger partial charge >= 0.3 is 0 Å². The fraction of sp³-hybridized carbons (Fsp3) is 0.625. The van der Waals surface area contributed by atoms with Gasteiger partial charge < -0.3 is 5.32 Å². The molecule has 2 saturated carbocycles. The van der Waals surface area contributed by atoms with E-state index in [1.165, 1.54) is 50.6 Å². The lowest BCUT2D eigenvalue weighted by Gasteiger charge is -2.40. The largest absolute Gasteiger partial charge is 0.380 e. The summed E-state index contributed by atoms with van der Waals surface area (Å²) in [5.41, 5.74) is 1.20. The summed E-state index contributed by atoms with van der Waals surface area (Å²) >= 11 is 10.9. The molecule has 0 amide bonds. The number of rotatable bonds is 2. The molecule has 0 aromatic heterocycles. The fourth-order valence-electron chi connectivity index (χ4n) is 3.89. The Bertz CT molecular complexity index is 466. The van der Waals surface area contributed by atoms with Gasteiger partial charge in [0.1, 0.15) is 0 Å². The number of halogens is 3. The molecule has 20 heavy (non-hydrogen) atoms. The molecule has 3 unspecified atom stereocenters. The first kappa shape index (κ1) is 15.4. The van der Waals surface area contributed by atoms with Crippen LogP contribution in [0.1, 0.15) is 44.9 Å². The van der Waals surface area contributed by atoms with E-state index in [2.05, 4.69) is 65.2 Å². The molecular weight excluding hydrogens is 446 g/mol. The van der Waals surface area contributed by atoms with E-state index in [9.17, 15) is 0 Å². The van der Waals surface area contributed by atoms with Gasteiger partial charge in [0.05, 0.1) is 5.69 Å². The van der Waals surface area contributed by atoms with Gasteiger partial charge in [-0.1, -0.05) is 41.6 Å². The van der Waals surface area contributed by atoms with Crippen LogP contribution in [-0.4, -0.2) is 6.04 Å². The van der Waals surface area contributed by atoms with E-state index in [0.717, 1.165) is 25.3 Å². The molecule has 2 aliphatic rings. The van der Waals surface area contributed by atoms with Gasteiger partial charge in [0, 0.05) is 19.5 Å². The average molecular weight is 466 g/mol. The zero-order valence-corrected chi connectivity index (χ0v) is 16.2. The van der Waals surface area contributed by atoms with Gasteiger partial charge in [-0.15, -0.1) is 0 Å². The maximum absolute atomic E-state index is 3.76. The number of anilines is 1. The maximum atomic E-state index is 3.76. The Morgan fingerprint density at radius 3 is 2.20 bits per heavy atom. The topological polar surface area (TPSA) is 12.0 Å². The summed E-state index contributed by atoms with van der Waals surface area (Å²) in [4.78, 5) is 0. The number of hydrogen-bond acceptors (Lipinski definition) is 1. The number of fused-ring (bicyclic) bond motifs is 1. The number of hydrogen-bond donors (Lipinski definition) is 1. The Balaban J connectivity index is 1.69. The van der Waals surface area contributed by atoms with Crippen LogP contribution >= 0.6 is 47.8 Å². The van der Waals surface area contributed by atoms with Crippen molar-refractivity contribution in [1.82, 2.24) is 0 Å². The van der Waals surface area contributed by atoms with E-state index in [1.807, 2.05) is 0 Å². The van der Waals surface area contributed by atoms with Gasteiger partial charge in [0.2, 0.25) is 0 Å². The molecule has 0 saturated heterocycles. The smallest absolute Gasteiger partial charge is 0.0631 e. The van der Waals surface area contributed by atoms with Gasteiger partial charge in [-0.25, -0.2) is 0 Å². The van der Waals surface area contributed by atoms with Crippen LogP contribution in [0.4, 0.5) is 5.69 Å². The molecule has 3 rings (SSSR count). The Hall–Kier alpha value is 0.460. The second-order valence-electron chi connectivity index (χ2n) is 6.20. The first-order valence-corrected chi connectivity index (χ1v) is 9.92. The van der Waals surface area contributed by atoms with Crippen molar-refractivity contribution in [3.8, 4) is 0 Å². The molecule has 0 aliphatic heterocycles. The normalized spacial score (nSPS) is 29.9. The standard InChI is InChI=1S/C16H20Br3N/c17-12-8-14(18)16(15(19)9-12)20-13-6-5-10-3-1-2-4-11(10)7-13/h8-11,13,20H,1-7H2. The fourth-order valence-corrected chi connectivity index (χ4v) is 6.38. The van der Waals surface area contributed by atoms with E-state index in [-0.39, 0.29) is 0 Å². The highest BCUT2D eigenvalue weighted by atomic mass is 79.9. The van der Waals surface area contributed by atoms with Gasteiger partial charge in [0.25, 0.3) is 0 Å². The van der Waals surface area contributed by atoms with Crippen LogP contribution in [0.5, 0.6) is 0 Å². The average Bonchev–Trinajstić information content (AvgIpc) is 2.42. The molecule has 1 aromatic carbocycles. The molecule has 2 aliphatic carbocycles. The van der Waals surface area contributed by atoms with Crippen LogP contribution in [0.15, 0.2) is 25.6 Å². The summed E-state index contributed by atoms with van der Waals surface area (Å²) in [5.74, 6) is 1.97. The van der Waals surface area contributed by atoms with Crippen LogP contribution in [0, 0.1) is 11.8 Å². The van der Waals surface area contributed by atoms with Crippen molar-refractivity contribution < 1.29 is 0 Å². The van der Waals surface area contributed by atoms with Crippen molar-refractivity contribution in [2.24, 2.45) is 11.8 Å². The molecule has 1 aromatic rings. The lowest BCUT2D eigenvalue weighted by molar-refractivity contribution is 0.162. The molecule has 0 radical (unpaired) electrons. The summed E-state index contributed by atoms with van der Waals surface area (Å²) in [5, 5.41) is 3.76. The highest BCUT2D eigenvalue weighted by Gasteiger charge is 2.32. The second-order valence-corrected chi connectivity index (χ2v) is 8.83. The Morgan fingerprint density at radius 2 is 1.50 bits per heavy atom. The zero-order valence-electron chi connectivity index (χ0n) is 11.5. The molecule has 3 atom stereocenters. The Labute approximate surface area is 146 Å². The van der Waals surface area contributed by atoms with Gasteiger partial charge in [-0.3, -0.25) is 0 Å². The van der Waals surface area contributed by atoms with Crippen LogP contribution in [0.2, 0.25) is 0 Å². The van der Waals surface area contributed by atoms with E-state index in [0.29, 0.717) is 6.04 Å². The molecular formula is C16H20Br3N. The minimum atomic E-state index is 0.628. The summed E-state index contributed by atoms with van der Waals surface area (Å²) in [6.07, 6.45) is 9.90. The second kappa shape index (κ2) is 6.70. The monoisotopic (exact) mass is 463 g/mol. The lowest BCUT2D eigenvalue weighted by atomic mass is 9.69. The summed E-state index contributed by atoms with van der Waals surface area (Å²) < 4.78 is 3.35. The van der Waals surface area contributed by atoms with Gasteiger partial charge in [-0.2, -0.15) is 0 Å². The highest BCUT2D eigenvalue weighted by Crippen LogP contribution is 2.42. The van der Waals surface area contributed by atoms with Crippen molar-refractivity contribution in [3.63, 3.8) is 0 Å². The number of benzene rings is 1. The van der Waals surface area contributed by atoms with Crippen LogP contribution in [0.3, 0.4) is 0 Å². The third-order valence-electron chi connectivity index (χ3n) is 4.90. The Morgan fingerprint density at radius 1 is 0.850 bits per heavy atom. The first-order chi connectivity index (χ1) is 9.63. The van der Waals surface area contributed by atoms with Gasteiger partial charge in [-0.05, 0) is 75.1 Å². The SMILES string of the molecule is Brc1cc(Br)c(NC2CCC3CCCCC3C2)c(Br)c1. The molecule has 0 bridgehead atoms. The van der Waals surface area contributed by atoms with E-state index < -0.39 is 0 Å². The predicted octanol–water partition coefficient (Wildman–Crippen LogP) is 6.74. The summed E-state index contributed by atoms with van der Waals surface area (Å²) in [7, 11) is 0. The van der Waals surface area contributed by atoms with E-state index in [4.69, 9.17) is 0 Å². The molecule has 0 spiro atoms. The molecule has 110 valence electrons. The first-order valence-electron chi connectivity index (χ1n) is 7.54. The zero-order chi connectivity index (χ0) is 14.1. The lowest BCUT2D eigenvalue weighted by Crippen LogP contribution is -2.34. The predicted molar refractivity (Wildman–Crippen MR) is 96.3 cm³/mol. The quantitative estimate of drug-likeness (QED) is 0.509. The molecule has 0 heterocycles. The Kier molecular flexibility index (Phi) is 5.15.